The van der Waals surface area contributed by atoms with Crippen LogP contribution in [0.1, 0.15) is 37.1 Å². The van der Waals surface area contributed by atoms with Crippen molar-refractivity contribution in [1.82, 2.24) is 10.3 Å². The normalized spacial score (nSPS) is 15.9. The predicted molar refractivity (Wildman–Crippen MR) is 115 cm³/mol. The van der Waals surface area contributed by atoms with E-state index in [1.54, 1.807) is 6.92 Å². The fraction of sp³-hybridized carbons (Fsp3) is 0.364. The molecule has 152 valence electrons. The molecule has 0 saturated carbocycles. The number of aryl methyl sites for hydroxylation is 1. The van der Waals surface area contributed by atoms with Crippen LogP contribution in [0.15, 0.2) is 47.6 Å². The molecule has 2 aromatic rings. The summed E-state index contributed by atoms with van der Waals surface area (Å²) in [6.07, 6.45) is 4.58. The van der Waals surface area contributed by atoms with Crippen LogP contribution in [0.2, 0.25) is 0 Å². The molecule has 1 aliphatic heterocycles. The molecule has 2 amide bonds. The zero-order valence-corrected chi connectivity index (χ0v) is 17.5. The minimum Gasteiger partial charge on any atom is -0.493 e. The molecule has 2 heterocycles. The number of ether oxygens (including phenoxy) is 1. The maximum atomic E-state index is 12.1. The Kier molecular flexibility index (Phi) is 7.41. The third kappa shape index (κ3) is 6.15. The maximum absolute atomic E-state index is 12.1. The number of nitrogens with one attached hydrogen (secondary N) is 1. The average Bonchev–Trinajstić information content (AvgIpc) is 3.08. The van der Waals surface area contributed by atoms with Crippen molar-refractivity contribution in [3.63, 3.8) is 0 Å². The van der Waals surface area contributed by atoms with Crippen molar-refractivity contribution < 1.29 is 14.3 Å². The van der Waals surface area contributed by atoms with Gasteiger partial charge in [0.2, 0.25) is 5.91 Å². The van der Waals surface area contributed by atoms with Crippen molar-refractivity contribution in [1.29, 1.82) is 0 Å². The molecular formula is C22H25N3O3S. The zero-order chi connectivity index (χ0) is 20.6. The van der Waals surface area contributed by atoms with E-state index in [9.17, 15) is 9.59 Å². The first-order valence-electron chi connectivity index (χ1n) is 9.82. The second-order valence-electron chi connectivity index (χ2n) is 6.72. The number of hydrogen-bond acceptors (Lipinski definition) is 5. The third-order valence-electron chi connectivity index (χ3n) is 4.57. The van der Waals surface area contributed by atoms with Crippen LogP contribution in [0, 0.1) is 0 Å². The lowest BCUT2D eigenvalue weighted by atomic mass is 10.1. The molecule has 0 saturated heterocycles. The fourth-order valence-electron chi connectivity index (χ4n) is 2.80. The molecule has 1 N–H and O–H groups in total. The average molecular weight is 412 g/mol. The second kappa shape index (κ2) is 10.2. The van der Waals surface area contributed by atoms with Gasteiger partial charge in [-0.1, -0.05) is 43.8 Å². The van der Waals surface area contributed by atoms with Crippen molar-refractivity contribution in [3.8, 4) is 5.75 Å². The highest BCUT2D eigenvalue weighted by Crippen LogP contribution is 2.25. The van der Waals surface area contributed by atoms with E-state index < -0.39 is 0 Å². The van der Waals surface area contributed by atoms with Gasteiger partial charge in [0.1, 0.15) is 5.75 Å². The first-order chi connectivity index (χ1) is 14.1. The first kappa shape index (κ1) is 21.0. The summed E-state index contributed by atoms with van der Waals surface area (Å²) in [6.45, 7) is 4.43. The number of aromatic nitrogens is 1. The van der Waals surface area contributed by atoms with Crippen molar-refractivity contribution in [3.05, 3.63) is 59.4 Å². The summed E-state index contributed by atoms with van der Waals surface area (Å²) in [4.78, 5) is 31.9. The maximum Gasteiger partial charge on any atom is 0.262 e. The molecular weight excluding hydrogens is 386 g/mol. The van der Waals surface area contributed by atoms with Gasteiger partial charge in [0.15, 0.2) is 5.17 Å². The predicted octanol–water partition coefficient (Wildman–Crippen LogP) is 3.33. The Labute approximate surface area is 175 Å². The van der Waals surface area contributed by atoms with Gasteiger partial charge in [0, 0.05) is 24.7 Å². The molecule has 0 radical (unpaired) electrons. The summed E-state index contributed by atoms with van der Waals surface area (Å²) < 4.78 is 5.80. The number of thioether (sulfide) groups is 1. The highest BCUT2D eigenvalue weighted by Gasteiger charge is 2.29. The summed E-state index contributed by atoms with van der Waals surface area (Å²) >= 11 is 1.31. The van der Waals surface area contributed by atoms with Gasteiger partial charge in [-0.05, 0) is 42.2 Å². The Balaban J connectivity index is 1.45. The summed E-state index contributed by atoms with van der Waals surface area (Å²) in [7, 11) is 0. The smallest absolute Gasteiger partial charge is 0.262 e. The molecule has 1 aromatic heterocycles. The number of amides is 2. The van der Waals surface area contributed by atoms with Crippen molar-refractivity contribution >= 4 is 28.7 Å². The van der Waals surface area contributed by atoms with Gasteiger partial charge in [-0.3, -0.25) is 14.6 Å². The fourth-order valence-corrected chi connectivity index (χ4v) is 3.81. The number of carbonyl (C=O) groups is 2. The topological polar surface area (TPSA) is 80.7 Å². The molecule has 29 heavy (non-hydrogen) atoms. The molecule has 6 nitrogen and oxygen atoms in total. The van der Waals surface area contributed by atoms with E-state index >= 15 is 0 Å². The van der Waals surface area contributed by atoms with Crippen LogP contribution in [0.4, 0.5) is 0 Å². The number of nitrogens with zero attached hydrogens (tertiary/aromatic N) is 2. The highest BCUT2D eigenvalue weighted by atomic mass is 32.2. The van der Waals surface area contributed by atoms with E-state index in [1.165, 1.54) is 17.3 Å². The zero-order valence-electron chi connectivity index (χ0n) is 16.7. The largest absolute Gasteiger partial charge is 0.493 e. The first-order valence-corrected chi connectivity index (χ1v) is 10.7. The number of aliphatic imine (C=N–C) groups is 1. The lowest BCUT2D eigenvalue weighted by Crippen LogP contribution is -2.26. The summed E-state index contributed by atoms with van der Waals surface area (Å²) in [5.74, 6) is 0.447. The monoisotopic (exact) mass is 411 g/mol. The minimum absolute atomic E-state index is 0.136. The van der Waals surface area contributed by atoms with E-state index in [4.69, 9.17) is 4.74 Å². The standard InChI is InChI=1S/C22H25N3O3S/c1-3-15-5-8-17(23-14-15)11-12-28-18-9-6-16(7-10-18)13-19-21(27)25-22(29-19)24-20(26)4-2/h5-10,14,19H,3-4,11-13H2,1-2H3,(H,24,25,26,27). The van der Waals surface area contributed by atoms with Crippen LogP contribution in [-0.2, 0) is 28.9 Å². The molecule has 0 spiro atoms. The number of pyridine rings is 1. The molecule has 1 aromatic carbocycles. The van der Waals surface area contributed by atoms with Crippen LogP contribution in [-0.4, -0.2) is 33.8 Å². The van der Waals surface area contributed by atoms with E-state index in [2.05, 4.69) is 28.3 Å². The Morgan fingerprint density at radius 3 is 2.55 bits per heavy atom. The van der Waals surface area contributed by atoms with Crippen LogP contribution in [0.25, 0.3) is 0 Å². The molecule has 0 fully saturated rings. The van der Waals surface area contributed by atoms with E-state index in [-0.39, 0.29) is 17.1 Å². The van der Waals surface area contributed by atoms with Gasteiger partial charge in [0.05, 0.1) is 11.9 Å². The number of rotatable bonds is 8. The molecule has 3 rings (SSSR count). The lowest BCUT2D eigenvalue weighted by Gasteiger charge is -2.09. The molecule has 0 aliphatic carbocycles. The molecule has 1 aliphatic rings. The van der Waals surface area contributed by atoms with E-state index in [0.29, 0.717) is 24.6 Å². The number of amidine groups is 1. The van der Waals surface area contributed by atoms with Gasteiger partial charge >= 0.3 is 0 Å². The third-order valence-corrected chi connectivity index (χ3v) is 5.64. The van der Waals surface area contributed by atoms with Crippen LogP contribution < -0.4 is 10.1 Å². The number of hydrogen-bond donors (Lipinski definition) is 1. The van der Waals surface area contributed by atoms with E-state index in [0.717, 1.165) is 29.8 Å². The SMILES string of the molecule is CCC(=O)NC1=NC(=O)C(Cc2ccc(OCCc3ccc(CC)cn3)cc2)S1. The summed E-state index contributed by atoms with van der Waals surface area (Å²) in [5, 5.41) is 2.75. The lowest BCUT2D eigenvalue weighted by molar-refractivity contribution is -0.119. The Hall–Kier alpha value is -2.67. The van der Waals surface area contributed by atoms with Crippen LogP contribution in [0.3, 0.4) is 0 Å². The van der Waals surface area contributed by atoms with Gasteiger partial charge < -0.3 is 10.1 Å². The van der Waals surface area contributed by atoms with Gasteiger partial charge in [-0.2, -0.15) is 4.99 Å². The van der Waals surface area contributed by atoms with Crippen molar-refractivity contribution in [2.24, 2.45) is 4.99 Å². The van der Waals surface area contributed by atoms with E-state index in [1.807, 2.05) is 36.5 Å². The van der Waals surface area contributed by atoms with Gasteiger partial charge in [-0.25, -0.2) is 0 Å². The Morgan fingerprint density at radius 2 is 1.90 bits per heavy atom. The summed E-state index contributed by atoms with van der Waals surface area (Å²) in [6, 6.07) is 11.9. The summed E-state index contributed by atoms with van der Waals surface area (Å²) in [5.41, 5.74) is 3.27. The molecule has 1 atom stereocenters. The van der Waals surface area contributed by atoms with Crippen LogP contribution in [0.5, 0.6) is 5.75 Å². The van der Waals surface area contributed by atoms with Gasteiger partial charge in [-0.15, -0.1) is 0 Å². The molecule has 0 bridgehead atoms. The molecule has 1 unspecified atom stereocenters. The minimum atomic E-state index is -0.300. The van der Waals surface area contributed by atoms with Gasteiger partial charge in [0.25, 0.3) is 5.91 Å². The van der Waals surface area contributed by atoms with Crippen molar-refractivity contribution in [2.75, 3.05) is 6.61 Å². The number of carbonyl (C=O) groups excluding carboxylic acids is 2. The Morgan fingerprint density at radius 1 is 1.14 bits per heavy atom. The second-order valence-corrected chi connectivity index (χ2v) is 7.91. The van der Waals surface area contributed by atoms with Crippen molar-refractivity contribution in [2.45, 2.75) is 44.8 Å². The molecule has 7 heteroatoms. The Bertz CT molecular complexity index is 879. The van der Waals surface area contributed by atoms with Crippen LogP contribution >= 0.6 is 11.8 Å². The quantitative estimate of drug-likeness (QED) is 0.721. The highest BCUT2D eigenvalue weighted by molar-refractivity contribution is 8.15. The number of benzene rings is 1.